The van der Waals surface area contributed by atoms with Crippen molar-refractivity contribution in [2.75, 3.05) is 6.54 Å². The summed E-state index contributed by atoms with van der Waals surface area (Å²) in [7, 11) is 1.97. The number of hydrogen-bond acceptors (Lipinski definition) is 1. The Labute approximate surface area is 70.6 Å². The zero-order valence-electron chi connectivity index (χ0n) is 6.87. The monoisotopic (exact) mass is 165 g/mol. The van der Waals surface area contributed by atoms with Crippen LogP contribution in [0.2, 0.25) is 0 Å². The Morgan fingerprint density at radius 3 is 3.00 bits per heavy atom. The van der Waals surface area contributed by atoms with Crippen LogP contribution in [0.4, 0.5) is 4.79 Å². The van der Waals surface area contributed by atoms with E-state index in [4.69, 9.17) is 0 Å². The summed E-state index contributed by atoms with van der Waals surface area (Å²) in [6.07, 6.45) is 1.97. The third-order valence-electron chi connectivity index (χ3n) is 2.11. The first kappa shape index (κ1) is 7.21. The highest BCUT2D eigenvalue weighted by molar-refractivity contribution is 5.76. The second-order valence-corrected chi connectivity index (χ2v) is 2.95. The Hall–Kier alpha value is -1.45. The van der Waals surface area contributed by atoms with Crippen molar-refractivity contribution in [3.05, 3.63) is 24.0 Å². The topological polar surface area (TPSA) is 46.1 Å². The minimum Gasteiger partial charge on any atom is -0.353 e. The highest BCUT2D eigenvalue weighted by Crippen LogP contribution is 2.14. The number of rotatable bonds is 1. The summed E-state index contributed by atoms with van der Waals surface area (Å²) >= 11 is 0. The highest BCUT2D eigenvalue weighted by atomic mass is 16.2. The molecule has 1 aliphatic heterocycles. The van der Waals surface area contributed by atoms with Gasteiger partial charge in [-0.05, 0) is 12.1 Å². The van der Waals surface area contributed by atoms with E-state index >= 15 is 0 Å². The Bertz CT molecular complexity index is 305. The van der Waals surface area contributed by atoms with Crippen LogP contribution in [0.15, 0.2) is 18.3 Å². The van der Waals surface area contributed by atoms with Gasteiger partial charge in [0.25, 0.3) is 0 Å². The number of hydrogen-bond donors (Lipinski definition) is 2. The van der Waals surface area contributed by atoms with Crippen molar-refractivity contribution in [1.82, 2.24) is 15.2 Å². The Morgan fingerprint density at radius 2 is 2.50 bits per heavy atom. The first-order valence-corrected chi connectivity index (χ1v) is 3.93. The molecule has 1 aliphatic rings. The zero-order chi connectivity index (χ0) is 8.55. The van der Waals surface area contributed by atoms with E-state index in [1.54, 1.807) is 0 Å². The minimum atomic E-state index is -0.0822. The summed E-state index contributed by atoms with van der Waals surface area (Å²) in [5.41, 5.74) is 1.13. The van der Waals surface area contributed by atoms with Crippen LogP contribution in [-0.4, -0.2) is 17.1 Å². The molecule has 12 heavy (non-hydrogen) atoms. The van der Waals surface area contributed by atoms with Crippen LogP contribution in [0, 0.1) is 0 Å². The first-order chi connectivity index (χ1) is 5.77. The maximum Gasteiger partial charge on any atom is 0.315 e. The van der Waals surface area contributed by atoms with E-state index in [0.29, 0.717) is 6.54 Å². The lowest BCUT2D eigenvalue weighted by atomic mass is 10.2. The number of urea groups is 1. The fourth-order valence-electron chi connectivity index (χ4n) is 1.47. The van der Waals surface area contributed by atoms with E-state index in [0.717, 1.165) is 5.69 Å². The normalized spacial score (nSPS) is 22.1. The molecule has 0 unspecified atom stereocenters. The molecule has 2 rings (SSSR count). The van der Waals surface area contributed by atoms with Crippen molar-refractivity contribution in [3.8, 4) is 0 Å². The molecule has 1 atom stereocenters. The molecule has 2 N–H and O–H groups in total. The lowest BCUT2D eigenvalue weighted by Gasteiger charge is -2.09. The van der Waals surface area contributed by atoms with E-state index in [1.807, 2.05) is 29.9 Å². The molecule has 0 aliphatic carbocycles. The third kappa shape index (κ3) is 1.05. The predicted molar refractivity (Wildman–Crippen MR) is 44.7 cm³/mol. The molecule has 0 saturated carbocycles. The van der Waals surface area contributed by atoms with Gasteiger partial charge in [0.05, 0.1) is 6.04 Å². The molecule has 2 heterocycles. The molecule has 0 aromatic carbocycles. The van der Waals surface area contributed by atoms with E-state index in [9.17, 15) is 4.79 Å². The standard InChI is InChI=1S/C8H11N3O/c1-11-4-2-3-7(11)6-5-9-8(12)10-6/h2-4,6H,5H2,1H3,(H2,9,10,12)/t6-/m0/s1. The summed E-state index contributed by atoms with van der Waals surface area (Å²) in [5, 5.41) is 5.55. The molecular formula is C8H11N3O. The van der Waals surface area contributed by atoms with Gasteiger partial charge in [0.2, 0.25) is 0 Å². The number of aromatic nitrogens is 1. The van der Waals surface area contributed by atoms with Crippen LogP contribution in [0.5, 0.6) is 0 Å². The largest absolute Gasteiger partial charge is 0.353 e. The average Bonchev–Trinajstić information content (AvgIpc) is 2.58. The van der Waals surface area contributed by atoms with E-state index < -0.39 is 0 Å². The summed E-state index contributed by atoms with van der Waals surface area (Å²) in [6, 6.07) is 4.02. The third-order valence-corrected chi connectivity index (χ3v) is 2.11. The molecule has 1 aromatic rings. The zero-order valence-corrected chi connectivity index (χ0v) is 6.87. The second kappa shape index (κ2) is 2.55. The molecule has 4 nitrogen and oxygen atoms in total. The van der Waals surface area contributed by atoms with Crippen LogP contribution in [0.3, 0.4) is 0 Å². The van der Waals surface area contributed by atoms with Gasteiger partial charge in [-0.3, -0.25) is 0 Å². The van der Waals surface area contributed by atoms with E-state index in [1.165, 1.54) is 0 Å². The summed E-state index contributed by atoms with van der Waals surface area (Å²) < 4.78 is 2.01. The molecule has 1 fully saturated rings. The van der Waals surface area contributed by atoms with Crippen LogP contribution >= 0.6 is 0 Å². The van der Waals surface area contributed by atoms with Gasteiger partial charge in [0, 0.05) is 25.5 Å². The number of nitrogens with zero attached hydrogens (tertiary/aromatic N) is 1. The Morgan fingerprint density at radius 1 is 1.67 bits per heavy atom. The molecule has 1 saturated heterocycles. The highest BCUT2D eigenvalue weighted by Gasteiger charge is 2.22. The fourth-order valence-corrected chi connectivity index (χ4v) is 1.47. The maximum absolute atomic E-state index is 10.8. The lowest BCUT2D eigenvalue weighted by molar-refractivity contribution is 0.247. The lowest BCUT2D eigenvalue weighted by Crippen LogP contribution is -2.22. The minimum absolute atomic E-state index is 0.0822. The van der Waals surface area contributed by atoms with Crippen molar-refractivity contribution in [2.24, 2.45) is 7.05 Å². The van der Waals surface area contributed by atoms with Gasteiger partial charge in [-0.15, -0.1) is 0 Å². The fraction of sp³-hybridized carbons (Fsp3) is 0.375. The van der Waals surface area contributed by atoms with Crippen LogP contribution in [0.25, 0.3) is 0 Å². The van der Waals surface area contributed by atoms with Crippen molar-refractivity contribution >= 4 is 6.03 Å². The predicted octanol–water partition coefficient (Wildman–Crippen LogP) is 0.379. The average molecular weight is 165 g/mol. The van der Waals surface area contributed by atoms with Gasteiger partial charge in [-0.2, -0.15) is 0 Å². The number of carbonyl (C=O) groups excluding carboxylic acids is 1. The molecule has 64 valence electrons. The number of aryl methyl sites for hydroxylation is 1. The number of amides is 2. The summed E-state index contributed by atoms with van der Waals surface area (Å²) in [6.45, 7) is 0.677. The van der Waals surface area contributed by atoms with Gasteiger partial charge < -0.3 is 15.2 Å². The summed E-state index contributed by atoms with van der Waals surface area (Å²) in [5.74, 6) is 0. The molecule has 1 aromatic heterocycles. The van der Waals surface area contributed by atoms with Crippen molar-refractivity contribution < 1.29 is 4.79 Å². The van der Waals surface area contributed by atoms with Crippen molar-refractivity contribution in [1.29, 1.82) is 0 Å². The van der Waals surface area contributed by atoms with Crippen LogP contribution in [-0.2, 0) is 7.05 Å². The van der Waals surface area contributed by atoms with Gasteiger partial charge in [-0.25, -0.2) is 4.79 Å². The van der Waals surface area contributed by atoms with Gasteiger partial charge >= 0.3 is 6.03 Å². The molecule has 0 radical (unpaired) electrons. The Kier molecular flexibility index (Phi) is 1.53. The van der Waals surface area contributed by atoms with Gasteiger partial charge in [0.15, 0.2) is 0 Å². The number of carbonyl (C=O) groups is 1. The molecule has 0 spiro atoms. The summed E-state index contributed by atoms with van der Waals surface area (Å²) in [4.78, 5) is 10.8. The van der Waals surface area contributed by atoms with Gasteiger partial charge in [-0.1, -0.05) is 0 Å². The maximum atomic E-state index is 10.8. The second-order valence-electron chi connectivity index (χ2n) is 2.95. The molecular weight excluding hydrogens is 154 g/mol. The van der Waals surface area contributed by atoms with Crippen molar-refractivity contribution in [3.63, 3.8) is 0 Å². The van der Waals surface area contributed by atoms with Crippen LogP contribution < -0.4 is 10.6 Å². The molecule has 0 bridgehead atoms. The van der Waals surface area contributed by atoms with Crippen LogP contribution in [0.1, 0.15) is 11.7 Å². The molecule has 4 heteroatoms. The smallest absolute Gasteiger partial charge is 0.315 e. The van der Waals surface area contributed by atoms with Crippen molar-refractivity contribution in [2.45, 2.75) is 6.04 Å². The number of nitrogens with one attached hydrogen (secondary N) is 2. The quantitative estimate of drug-likeness (QED) is 0.621. The van der Waals surface area contributed by atoms with E-state index in [-0.39, 0.29) is 12.1 Å². The van der Waals surface area contributed by atoms with Gasteiger partial charge in [0.1, 0.15) is 0 Å². The van der Waals surface area contributed by atoms with E-state index in [2.05, 4.69) is 10.6 Å². The first-order valence-electron chi connectivity index (χ1n) is 3.93. The Balaban J connectivity index is 2.21. The molecule has 2 amide bonds. The SMILES string of the molecule is Cn1cccc1[C@@H]1CNC(=O)N1.